The number of benzene rings is 1. The van der Waals surface area contributed by atoms with E-state index in [1.807, 2.05) is 6.07 Å². The fourth-order valence-corrected chi connectivity index (χ4v) is 2.46. The molecule has 0 bridgehead atoms. The quantitative estimate of drug-likeness (QED) is 0.779. The molecule has 0 aliphatic heterocycles. The lowest BCUT2D eigenvalue weighted by Gasteiger charge is -2.13. The van der Waals surface area contributed by atoms with Gasteiger partial charge in [-0.05, 0) is 18.4 Å². The lowest BCUT2D eigenvalue weighted by Crippen LogP contribution is -2.21. The molecule has 0 spiro atoms. The molecule has 0 heterocycles. The van der Waals surface area contributed by atoms with E-state index in [0.29, 0.717) is 12.8 Å². The van der Waals surface area contributed by atoms with Crippen molar-refractivity contribution in [1.82, 2.24) is 0 Å². The van der Waals surface area contributed by atoms with Crippen molar-refractivity contribution in [3.63, 3.8) is 0 Å². The standard InChI is InChI=1S/C11H15NO2S/c1-2-3-9-11(15(12,13)14)10-7-5-4-6-8-10/h2,4-8,11H,1,3,9H2,(H2,12,13,14)/t11-/m1/s1. The maximum absolute atomic E-state index is 11.4. The Morgan fingerprint density at radius 2 is 1.93 bits per heavy atom. The summed E-state index contributed by atoms with van der Waals surface area (Å²) in [5.41, 5.74) is 0.738. The van der Waals surface area contributed by atoms with Crippen molar-refractivity contribution in [3.8, 4) is 0 Å². The van der Waals surface area contributed by atoms with Gasteiger partial charge in [-0.25, -0.2) is 13.6 Å². The molecule has 0 saturated heterocycles. The lowest BCUT2D eigenvalue weighted by molar-refractivity contribution is 0.577. The Kier molecular flexibility index (Phi) is 4.05. The first-order valence-corrected chi connectivity index (χ1v) is 6.34. The van der Waals surface area contributed by atoms with Crippen LogP contribution in [0, 0.1) is 0 Å². The van der Waals surface area contributed by atoms with Gasteiger partial charge in [0.05, 0.1) is 0 Å². The van der Waals surface area contributed by atoms with Crippen LogP contribution in [0.1, 0.15) is 23.7 Å². The summed E-state index contributed by atoms with van der Waals surface area (Å²) in [6, 6.07) is 9.01. The van der Waals surface area contributed by atoms with E-state index in [1.165, 1.54) is 0 Å². The van der Waals surface area contributed by atoms with Gasteiger partial charge in [0.15, 0.2) is 0 Å². The molecule has 0 fully saturated rings. The largest absolute Gasteiger partial charge is 0.228 e. The fraction of sp³-hybridized carbons (Fsp3) is 0.273. The minimum Gasteiger partial charge on any atom is -0.228 e. The third kappa shape index (κ3) is 3.49. The summed E-state index contributed by atoms with van der Waals surface area (Å²) in [5.74, 6) is 0. The first-order chi connectivity index (χ1) is 7.05. The fourth-order valence-electron chi connectivity index (χ4n) is 1.46. The molecule has 0 aliphatic rings. The molecule has 0 amide bonds. The molecule has 1 atom stereocenters. The second-order valence-corrected chi connectivity index (χ2v) is 5.10. The van der Waals surface area contributed by atoms with E-state index in [2.05, 4.69) is 6.58 Å². The zero-order valence-corrected chi connectivity index (χ0v) is 9.28. The second-order valence-electron chi connectivity index (χ2n) is 3.35. The van der Waals surface area contributed by atoms with Crippen LogP contribution in [0.25, 0.3) is 0 Å². The molecule has 0 radical (unpaired) electrons. The number of primary sulfonamides is 1. The number of sulfonamides is 1. The van der Waals surface area contributed by atoms with E-state index >= 15 is 0 Å². The van der Waals surface area contributed by atoms with Crippen LogP contribution in [0.15, 0.2) is 43.0 Å². The molecular formula is C11H15NO2S. The van der Waals surface area contributed by atoms with Gasteiger partial charge in [-0.2, -0.15) is 0 Å². The second kappa shape index (κ2) is 5.09. The molecule has 82 valence electrons. The molecular weight excluding hydrogens is 210 g/mol. The van der Waals surface area contributed by atoms with Crippen LogP contribution in [0.2, 0.25) is 0 Å². The van der Waals surface area contributed by atoms with Crippen LogP contribution in [-0.4, -0.2) is 8.42 Å². The van der Waals surface area contributed by atoms with Gasteiger partial charge in [-0.1, -0.05) is 36.4 Å². The van der Waals surface area contributed by atoms with E-state index in [9.17, 15) is 8.42 Å². The maximum atomic E-state index is 11.4. The van der Waals surface area contributed by atoms with E-state index in [0.717, 1.165) is 5.56 Å². The molecule has 15 heavy (non-hydrogen) atoms. The smallest absolute Gasteiger partial charge is 0.216 e. The summed E-state index contributed by atoms with van der Waals surface area (Å²) < 4.78 is 22.8. The third-order valence-electron chi connectivity index (χ3n) is 2.20. The number of hydrogen-bond acceptors (Lipinski definition) is 2. The van der Waals surface area contributed by atoms with Gasteiger partial charge in [-0.3, -0.25) is 0 Å². The lowest BCUT2D eigenvalue weighted by atomic mass is 10.1. The summed E-state index contributed by atoms with van der Waals surface area (Å²) in [4.78, 5) is 0. The van der Waals surface area contributed by atoms with Crippen molar-refractivity contribution in [1.29, 1.82) is 0 Å². The monoisotopic (exact) mass is 225 g/mol. The molecule has 2 N–H and O–H groups in total. The third-order valence-corrected chi connectivity index (χ3v) is 3.50. The van der Waals surface area contributed by atoms with Gasteiger partial charge in [0.1, 0.15) is 5.25 Å². The molecule has 3 nitrogen and oxygen atoms in total. The number of rotatable bonds is 5. The van der Waals surface area contributed by atoms with Gasteiger partial charge >= 0.3 is 0 Å². The summed E-state index contributed by atoms with van der Waals surface area (Å²) in [6.07, 6.45) is 2.81. The molecule has 1 rings (SSSR count). The Labute approximate surface area is 90.7 Å². The van der Waals surface area contributed by atoms with Gasteiger partial charge in [-0.15, -0.1) is 6.58 Å². The van der Waals surface area contributed by atoms with Gasteiger partial charge < -0.3 is 0 Å². The minimum absolute atomic E-state index is 0.479. The predicted octanol–water partition coefficient (Wildman–Crippen LogP) is 1.98. The highest BCUT2D eigenvalue weighted by Crippen LogP contribution is 2.25. The van der Waals surface area contributed by atoms with Crippen LogP contribution in [-0.2, 0) is 10.0 Å². The van der Waals surface area contributed by atoms with Crippen molar-refractivity contribution >= 4 is 10.0 Å². The number of hydrogen-bond donors (Lipinski definition) is 1. The Morgan fingerprint density at radius 3 is 2.40 bits per heavy atom. The van der Waals surface area contributed by atoms with E-state index < -0.39 is 15.3 Å². The van der Waals surface area contributed by atoms with Crippen molar-refractivity contribution in [2.24, 2.45) is 5.14 Å². The van der Waals surface area contributed by atoms with Crippen LogP contribution in [0.5, 0.6) is 0 Å². The van der Waals surface area contributed by atoms with Crippen LogP contribution < -0.4 is 5.14 Å². The van der Waals surface area contributed by atoms with Gasteiger partial charge in [0.25, 0.3) is 0 Å². The van der Waals surface area contributed by atoms with Crippen LogP contribution in [0.4, 0.5) is 0 Å². The number of nitrogens with two attached hydrogens (primary N) is 1. The first-order valence-electron chi connectivity index (χ1n) is 4.73. The molecule has 4 heteroatoms. The van der Waals surface area contributed by atoms with Crippen molar-refractivity contribution in [2.45, 2.75) is 18.1 Å². The topological polar surface area (TPSA) is 60.2 Å². The van der Waals surface area contributed by atoms with Crippen LogP contribution in [0.3, 0.4) is 0 Å². The highest BCUT2D eigenvalue weighted by atomic mass is 32.2. The molecule has 1 aromatic carbocycles. The summed E-state index contributed by atoms with van der Waals surface area (Å²) in [6.45, 7) is 3.57. The minimum atomic E-state index is -3.54. The summed E-state index contributed by atoms with van der Waals surface area (Å²) in [7, 11) is -3.54. The number of allylic oxidation sites excluding steroid dienone is 1. The molecule has 0 aliphatic carbocycles. The highest BCUT2D eigenvalue weighted by Gasteiger charge is 2.22. The Hall–Kier alpha value is -1.13. The highest BCUT2D eigenvalue weighted by molar-refractivity contribution is 7.89. The van der Waals surface area contributed by atoms with Crippen LogP contribution >= 0.6 is 0 Å². The first kappa shape index (κ1) is 11.9. The van der Waals surface area contributed by atoms with Crippen molar-refractivity contribution in [3.05, 3.63) is 48.6 Å². The Bertz CT molecular complexity index is 411. The SMILES string of the molecule is C=CCC[C@H](c1ccccc1)S(N)(=O)=O. The van der Waals surface area contributed by atoms with Gasteiger partial charge in [0, 0.05) is 0 Å². The average Bonchev–Trinajstić information content (AvgIpc) is 2.18. The molecule has 0 saturated carbocycles. The molecule has 1 aromatic rings. The average molecular weight is 225 g/mol. The zero-order chi connectivity index (χ0) is 11.3. The molecule has 0 unspecified atom stereocenters. The van der Waals surface area contributed by atoms with Crippen molar-refractivity contribution < 1.29 is 8.42 Å². The Morgan fingerprint density at radius 1 is 1.33 bits per heavy atom. The van der Waals surface area contributed by atoms with E-state index in [1.54, 1.807) is 30.3 Å². The predicted molar refractivity (Wildman–Crippen MR) is 61.7 cm³/mol. The normalized spacial score (nSPS) is 13.4. The van der Waals surface area contributed by atoms with Crippen molar-refractivity contribution in [2.75, 3.05) is 0 Å². The van der Waals surface area contributed by atoms with Gasteiger partial charge in [0.2, 0.25) is 10.0 Å². The zero-order valence-electron chi connectivity index (χ0n) is 8.46. The summed E-state index contributed by atoms with van der Waals surface area (Å²) >= 11 is 0. The maximum Gasteiger partial charge on any atom is 0.216 e. The van der Waals surface area contributed by atoms with E-state index in [-0.39, 0.29) is 0 Å². The Balaban J connectivity index is 2.97. The molecule has 0 aromatic heterocycles. The van der Waals surface area contributed by atoms with E-state index in [4.69, 9.17) is 5.14 Å². The summed E-state index contributed by atoms with van der Waals surface area (Å²) in [5, 5.41) is 4.56.